The number of hydrogen-bond donors (Lipinski definition) is 2. The molecule has 1 saturated heterocycles. The fraction of sp³-hybridized carbons (Fsp3) is 0.579. The number of aryl methyl sites for hydroxylation is 1. The first-order chi connectivity index (χ1) is 12.0. The van der Waals surface area contributed by atoms with Gasteiger partial charge in [0, 0.05) is 6.61 Å². The van der Waals surface area contributed by atoms with Crippen molar-refractivity contribution in [1.29, 1.82) is 0 Å². The lowest BCUT2D eigenvalue weighted by molar-refractivity contribution is -0.139. The molecule has 3 unspecified atom stereocenters. The van der Waals surface area contributed by atoms with E-state index in [-0.39, 0.29) is 18.4 Å². The second-order valence-electron chi connectivity index (χ2n) is 6.48. The Labute approximate surface area is 148 Å². The summed E-state index contributed by atoms with van der Waals surface area (Å²) in [4.78, 5) is 23.6. The predicted octanol–water partition coefficient (Wildman–Crippen LogP) is 2.60. The predicted molar refractivity (Wildman–Crippen MR) is 93.3 cm³/mol. The molecular formula is C19H27NO5. The van der Waals surface area contributed by atoms with Gasteiger partial charge in [0.2, 0.25) is 5.91 Å². The fourth-order valence-electron chi connectivity index (χ4n) is 2.95. The van der Waals surface area contributed by atoms with E-state index in [0.717, 1.165) is 37.0 Å². The number of carboxylic acid groups (broad SMARTS) is 1. The van der Waals surface area contributed by atoms with E-state index in [1.165, 1.54) is 0 Å². The van der Waals surface area contributed by atoms with Gasteiger partial charge in [-0.05, 0) is 44.2 Å². The van der Waals surface area contributed by atoms with Gasteiger partial charge >= 0.3 is 5.97 Å². The van der Waals surface area contributed by atoms with Crippen LogP contribution in [0.15, 0.2) is 24.3 Å². The van der Waals surface area contributed by atoms with Crippen molar-refractivity contribution in [3.05, 3.63) is 35.4 Å². The summed E-state index contributed by atoms with van der Waals surface area (Å²) in [5, 5.41) is 12.0. The summed E-state index contributed by atoms with van der Waals surface area (Å²) in [6.45, 7) is 4.69. The maximum Gasteiger partial charge on any atom is 0.305 e. The number of rotatable bonds is 8. The Bertz CT molecular complexity index is 583. The van der Waals surface area contributed by atoms with E-state index in [9.17, 15) is 9.59 Å². The van der Waals surface area contributed by atoms with Crippen molar-refractivity contribution < 1.29 is 24.2 Å². The normalized spacial score (nSPS) is 19.8. The number of amides is 1. The zero-order valence-corrected chi connectivity index (χ0v) is 14.9. The van der Waals surface area contributed by atoms with Crippen LogP contribution < -0.4 is 5.32 Å². The summed E-state index contributed by atoms with van der Waals surface area (Å²) in [5.41, 5.74) is 1.75. The molecule has 6 nitrogen and oxygen atoms in total. The zero-order chi connectivity index (χ0) is 18.2. The highest BCUT2D eigenvalue weighted by Gasteiger charge is 2.24. The first-order valence-electron chi connectivity index (χ1n) is 8.78. The van der Waals surface area contributed by atoms with Crippen LogP contribution in [0.25, 0.3) is 0 Å². The molecule has 1 amide bonds. The Morgan fingerprint density at radius 1 is 1.36 bits per heavy atom. The maximum absolute atomic E-state index is 12.4. The lowest BCUT2D eigenvalue weighted by Gasteiger charge is -2.25. The monoisotopic (exact) mass is 349 g/mol. The summed E-state index contributed by atoms with van der Waals surface area (Å²) >= 11 is 0. The number of ether oxygens (including phenoxy) is 2. The standard InChI is InChI=1S/C19H27NO5/c1-13-7-3-4-9-16(13)17(11-18(21)22)20-19(23)14(2)25-12-15-8-5-6-10-24-15/h3-4,7,9,14-15,17H,5-6,8,10-12H2,1-2H3,(H,20,23)(H,21,22). The van der Waals surface area contributed by atoms with Gasteiger partial charge in [-0.1, -0.05) is 24.3 Å². The molecule has 1 aromatic rings. The third-order valence-electron chi connectivity index (χ3n) is 4.43. The van der Waals surface area contributed by atoms with Gasteiger partial charge in [0.1, 0.15) is 6.10 Å². The molecule has 0 bridgehead atoms. The molecule has 1 aliphatic rings. The van der Waals surface area contributed by atoms with Crippen LogP contribution in [-0.2, 0) is 19.1 Å². The molecule has 0 radical (unpaired) electrons. The molecule has 2 N–H and O–H groups in total. The molecule has 0 saturated carbocycles. The maximum atomic E-state index is 12.4. The van der Waals surface area contributed by atoms with Gasteiger partial charge in [-0.25, -0.2) is 0 Å². The quantitative estimate of drug-likeness (QED) is 0.753. The summed E-state index contributed by atoms with van der Waals surface area (Å²) in [7, 11) is 0. The molecule has 1 heterocycles. The summed E-state index contributed by atoms with van der Waals surface area (Å²) in [5.74, 6) is -1.27. The smallest absolute Gasteiger partial charge is 0.305 e. The minimum Gasteiger partial charge on any atom is -0.481 e. The molecular weight excluding hydrogens is 322 g/mol. The van der Waals surface area contributed by atoms with E-state index in [1.54, 1.807) is 6.92 Å². The van der Waals surface area contributed by atoms with Crippen LogP contribution >= 0.6 is 0 Å². The summed E-state index contributed by atoms with van der Waals surface area (Å²) in [6, 6.07) is 6.88. The SMILES string of the molecule is Cc1ccccc1C(CC(=O)O)NC(=O)C(C)OCC1CCCCO1. The highest BCUT2D eigenvalue weighted by atomic mass is 16.5. The van der Waals surface area contributed by atoms with Gasteiger partial charge in [0.15, 0.2) is 0 Å². The van der Waals surface area contributed by atoms with Gasteiger partial charge in [-0.2, -0.15) is 0 Å². The number of carbonyl (C=O) groups is 2. The van der Waals surface area contributed by atoms with E-state index in [1.807, 2.05) is 31.2 Å². The zero-order valence-electron chi connectivity index (χ0n) is 14.9. The first kappa shape index (κ1) is 19.4. The molecule has 2 rings (SSSR count). The largest absolute Gasteiger partial charge is 0.481 e. The highest BCUT2D eigenvalue weighted by Crippen LogP contribution is 2.21. The van der Waals surface area contributed by atoms with Crippen LogP contribution in [0.2, 0.25) is 0 Å². The van der Waals surface area contributed by atoms with Gasteiger partial charge < -0.3 is 19.9 Å². The second-order valence-corrected chi connectivity index (χ2v) is 6.48. The van der Waals surface area contributed by atoms with Crippen LogP contribution in [0.3, 0.4) is 0 Å². The number of hydrogen-bond acceptors (Lipinski definition) is 4. The Kier molecular flexibility index (Phi) is 7.40. The Balaban J connectivity index is 1.93. The molecule has 6 heteroatoms. The molecule has 1 fully saturated rings. The molecule has 0 aliphatic carbocycles. The molecule has 138 valence electrons. The number of carboxylic acids is 1. The van der Waals surface area contributed by atoms with Crippen molar-refractivity contribution in [2.45, 2.75) is 57.8 Å². The average Bonchev–Trinajstić information content (AvgIpc) is 2.60. The summed E-state index contributed by atoms with van der Waals surface area (Å²) in [6.07, 6.45) is 2.33. The van der Waals surface area contributed by atoms with Crippen LogP contribution in [-0.4, -0.2) is 42.4 Å². The second kappa shape index (κ2) is 9.53. The van der Waals surface area contributed by atoms with Gasteiger partial charge in [-0.3, -0.25) is 9.59 Å². The molecule has 0 spiro atoms. The van der Waals surface area contributed by atoms with Gasteiger partial charge in [0.25, 0.3) is 0 Å². The Morgan fingerprint density at radius 3 is 2.76 bits per heavy atom. The van der Waals surface area contributed by atoms with Gasteiger partial charge in [0.05, 0.1) is 25.2 Å². The van der Waals surface area contributed by atoms with E-state index < -0.39 is 18.1 Å². The molecule has 1 aromatic carbocycles. The lowest BCUT2D eigenvalue weighted by Crippen LogP contribution is -2.39. The van der Waals surface area contributed by atoms with E-state index in [4.69, 9.17) is 14.6 Å². The van der Waals surface area contributed by atoms with Crippen LogP contribution in [0.1, 0.15) is 49.8 Å². The third-order valence-corrected chi connectivity index (χ3v) is 4.43. The molecule has 1 aliphatic heterocycles. The van der Waals surface area contributed by atoms with Crippen molar-refractivity contribution in [1.82, 2.24) is 5.32 Å². The van der Waals surface area contributed by atoms with Crippen molar-refractivity contribution >= 4 is 11.9 Å². The van der Waals surface area contributed by atoms with Crippen LogP contribution in [0.5, 0.6) is 0 Å². The lowest BCUT2D eigenvalue weighted by atomic mass is 9.98. The van der Waals surface area contributed by atoms with E-state index >= 15 is 0 Å². The molecule has 0 aromatic heterocycles. The topological polar surface area (TPSA) is 84.9 Å². The first-order valence-corrected chi connectivity index (χ1v) is 8.78. The number of carbonyl (C=O) groups excluding carboxylic acids is 1. The van der Waals surface area contributed by atoms with Crippen molar-refractivity contribution in [3.63, 3.8) is 0 Å². The minimum atomic E-state index is -0.960. The van der Waals surface area contributed by atoms with E-state index in [0.29, 0.717) is 6.61 Å². The Hall–Kier alpha value is -1.92. The minimum absolute atomic E-state index is 0.0372. The summed E-state index contributed by atoms with van der Waals surface area (Å²) < 4.78 is 11.2. The third kappa shape index (κ3) is 6.14. The number of aliphatic carboxylic acids is 1. The van der Waals surface area contributed by atoms with Crippen molar-refractivity contribution in [2.75, 3.05) is 13.2 Å². The fourth-order valence-corrected chi connectivity index (χ4v) is 2.95. The van der Waals surface area contributed by atoms with Crippen LogP contribution in [0, 0.1) is 6.92 Å². The Morgan fingerprint density at radius 2 is 2.12 bits per heavy atom. The number of nitrogens with one attached hydrogen (secondary N) is 1. The van der Waals surface area contributed by atoms with Gasteiger partial charge in [-0.15, -0.1) is 0 Å². The highest BCUT2D eigenvalue weighted by molar-refractivity contribution is 5.81. The van der Waals surface area contributed by atoms with E-state index in [2.05, 4.69) is 5.32 Å². The molecule has 25 heavy (non-hydrogen) atoms. The van der Waals surface area contributed by atoms with Crippen molar-refractivity contribution in [2.24, 2.45) is 0 Å². The van der Waals surface area contributed by atoms with Crippen LogP contribution in [0.4, 0.5) is 0 Å². The molecule has 3 atom stereocenters. The number of benzene rings is 1. The average molecular weight is 349 g/mol. The van der Waals surface area contributed by atoms with Crippen molar-refractivity contribution in [3.8, 4) is 0 Å².